The van der Waals surface area contributed by atoms with Crippen LogP contribution in [-0.4, -0.2) is 29.8 Å². The number of nitrogens with one attached hydrogen (secondary N) is 1. The van der Waals surface area contributed by atoms with Crippen molar-refractivity contribution in [2.75, 3.05) is 12.9 Å². The largest absolute Gasteiger partial charge is 0.379 e. The second-order valence-electron chi connectivity index (χ2n) is 5.61. The van der Waals surface area contributed by atoms with E-state index in [0.29, 0.717) is 6.04 Å². The maximum atomic E-state index is 5.62. The van der Waals surface area contributed by atoms with Crippen LogP contribution >= 0.6 is 11.8 Å². The lowest BCUT2D eigenvalue weighted by atomic mass is 10.00. The number of rotatable bonds is 8. The molecule has 3 nitrogen and oxygen atoms in total. The number of hydrazine groups is 1. The van der Waals surface area contributed by atoms with Crippen LogP contribution < -0.4 is 11.3 Å². The van der Waals surface area contributed by atoms with Crippen LogP contribution in [0.15, 0.2) is 0 Å². The summed E-state index contributed by atoms with van der Waals surface area (Å²) in [5.41, 5.74) is 2.91. The van der Waals surface area contributed by atoms with Gasteiger partial charge in [-0.25, -0.2) is 0 Å². The summed E-state index contributed by atoms with van der Waals surface area (Å²) in [5, 5.41) is 0.876. The average Bonchev–Trinajstić information content (AvgIpc) is 2.82. The number of thioether (sulfide) groups is 1. The second kappa shape index (κ2) is 7.62. The number of methoxy groups -OCH3 is 1. The van der Waals surface area contributed by atoms with Crippen molar-refractivity contribution in [1.29, 1.82) is 0 Å². The van der Waals surface area contributed by atoms with Crippen LogP contribution in [0.25, 0.3) is 0 Å². The predicted octanol–water partition coefficient (Wildman–Crippen LogP) is 2.70. The molecule has 0 spiro atoms. The monoisotopic (exact) mass is 260 g/mol. The SMILES string of the molecule is COC(C)(C)CCC(CSC1CCCC1)NN. The van der Waals surface area contributed by atoms with Crippen molar-refractivity contribution in [3.63, 3.8) is 0 Å². The molecule has 1 aliphatic carbocycles. The van der Waals surface area contributed by atoms with Gasteiger partial charge < -0.3 is 4.74 Å². The van der Waals surface area contributed by atoms with E-state index < -0.39 is 0 Å². The van der Waals surface area contributed by atoms with Crippen LogP contribution in [0.3, 0.4) is 0 Å². The highest BCUT2D eigenvalue weighted by Gasteiger charge is 2.21. The van der Waals surface area contributed by atoms with Crippen molar-refractivity contribution < 1.29 is 4.74 Å². The molecule has 1 rings (SSSR count). The molecule has 1 aliphatic rings. The van der Waals surface area contributed by atoms with Gasteiger partial charge in [0, 0.05) is 24.2 Å². The summed E-state index contributed by atoms with van der Waals surface area (Å²) in [7, 11) is 1.78. The first kappa shape index (κ1) is 15.3. The Morgan fingerprint density at radius 2 is 2.06 bits per heavy atom. The highest BCUT2D eigenvalue weighted by molar-refractivity contribution is 7.99. The highest BCUT2D eigenvalue weighted by atomic mass is 32.2. The van der Waals surface area contributed by atoms with Gasteiger partial charge in [-0.2, -0.15) is 11.8 Å². The smallest absolute Gasteiger partial charge is 0.0623 e. The lowest BCUT2D eigenvalue weighted by Gasteiger charge is -2.26. The van der Waals surface area contributed by atoms with Gasteiger partial charge in [-0.15, -0.1) is 0 Å². The van der Waals surface area contributed by atoms with Crippen LogP contribution in [0.5, 0.6) is 0 Å². The third-order valence-corrected chi connectivity index (χ3v) is 5.26. The van der Waals surface area contributed by atoms with Gasteiger partial charge in [-0.05, 0) is 39.5 Å². The zero-order chi connectivity index (χ0) is 12.7. The molecule has 17 heavy (non-hydrogen) atoms. The Kier molecular flexibility index (Phi) is 6.85. The minimum Gasteiger partial charge on any atom is -0.379 e. The Morgan fingerprint density at radius 1 is 1.41 bits per heavy atom. The van der Waals surface area contributed by atoms with E-state index in [1.54, 1.807) is 7.11 Å². The molecular formula is C13H28N2OS. The molecule has 0 aromatic rings. The fourth-order valence-electron chi connectivity index (χ4n) is 2.15. The van der Waals surface area contributed by atoms with Gasteiger partial charge in [-0.3, -0.25) is 11.3 Å². The Labute approximate surface area is 110 Å². The number of hydrogen-bond acceptors (Lipinski definition) is 4. The standard InChI is InChI=1S/C13H28N2OS/c1-13(2,16-3)9-8-11(15-14)10-17-12-6-4-5-7-12/h11-12,15H,4-10,14H2,1-3H3. The molecule has 1 saturated carbocycles. The Bertz CT molecular complexity index is 206. The molecule has 0 aliphatic heterocycles. The highest BCUT2D eigenvalue weighted by Crippen LogP contribution is 2.30. The molecule has 0 heterocycles. The Balaban J connectivity index is 2.18. The predicted molar refractivity (Wildman–Crippen MR) is 76.1 cm³/mol. The summed E-state index contributed by atoms with van der Waals surface area (Å²) < 4.78 is 5.44. The third kappa shape index (κ3) is 6.09. The van der Waals surface area contributed by atoms with Gasteiger partial charge in [0.15, 0.2) is 0 Å². The first-order valence-electron chi connectivity index (χ1n) is 6.70. The van der Waals surface area contributed by atoms with Crippen molar-refractivity contribution in [2.24, 2.45) is 5.84 Å². The fourth-order valence-corrected chi connectivity index (χ4v) is 3.58. The summed E-state index contributed by atoms with van der Waals surface area (Å²) in [6.07, 6.45) is 7.74. The van der Waals surface area contributed by atoms with E-state index in [2.05, 4.69) is 31.0 Å². The first-order chi connectivity index (χ1) is 8.07. The van der Waals surface area contributed by atoms with Gasteiger partial charge in [-0.1, -0.05) is 12.8 Å². The molecule has 3 N–H and O–H groups in total. The van der Waals surface area contributed by atoms with Crippen molar-refractivity contribution in [2.45, 2.75) is 69.3 Å². The van der Waals surface area contributed by atoms with E-state index in [4.69, 9.17) is 10.6 Å². The lowest BCUT2D eigenvalue weighted by molar-refractivity contribution is 0.0122. The lowest BCUT2D eigenvalue weighted by Crippen LogP contribution is -2.39. The number of hydrogen-bond donors (Lipinski definition) is 2. The Morgan fingerprint density at radius 3 is 2.59 bits per heavy atom. The minimum atomic E-state index is -0.0346. The molecule has 1 unspecified atom stereocenters. The maximum Gasteiger partial charge on any atom is 0.0623 e. The van der Waals surface area contributed by atoms with Crippen LogP contribution in [0, 0.1) is 0 Å². The van der Waals surface area contributed by atoms with E-state index in [1.165, 1.54) is 25.7 Å². The molecule has 0 radical (unpaired) electrons. The molecule has 0 saturated heterocycles. The molecule has 102 valence electrons. The van der Waals surface area contributed by atoms with E-state index in [9.17, 15) is 0 Å². The van der Waals surface area contributed by atoms with Crippen LogP contribution in [-0.2, 0) is 4.74 Å². The average molecular weight is 260 g/mol. The molecule has 0 aromatic carbocycles. The molecule has 0 bridgehead atoms. The number of nitrogens with two attached hydrogens (primary N) is 1. The molecule has 4 heteroatoms. The fraction of sp³-hybridized carbons (Fsp3) is 1.00. The van der Waals surface area contributed by atoms with Crippen molar-refractivity contribution in [3.8, 4) is 0 Å². The van der Waals surface area contributed by atoms with E-state index in [0.717, 1.165) is 23.8 Å². The van der Waals surface area contributed by atoms with E-state index >= 15 is 0 Å². The first-order valence-corrected chi connectivity index (χ1v) is 7.75. The van der Waals surface area contributed by atoms with Crippen molar-refractivity contribution in [3.05, 3.63) is 0 Å². The van der Waals surface area contributed by atoms with Crippen molar-refractivity contribution >= 4 is 11.8 Å². The van der Waals surface area contributed by atoms with Gasteiger partial charge in [0.1, 0.15) is 0 Å². The maximum absolute atomic E-state index is 5.62. The summed E-state index contributed by atoms with van der Waals surface area (Å²) in [5.74, 6) is 6.75. The zero-order valence-corrected chi connectivity index (χ0v) is 12.3. The van der Waals surface area contributed by atoms with Gasteiger partial charge >= 0.3 is 0 Å². The van der Waals surface area contributed by atoms with Crippen molar-refractivity contribution in [1.82, 2.24) is 5.43 Å². The van der Waals surface area contributed by atoms with Gasteiger partial charge in [0.2, 0.25) is 0 Å². The van der Waals surface area contributed by atoms with Crippen LogP contribution in [0.4, 0.5) is 0 Å². The van der Waals surface area contributed by atoms with Gasteiger partial charge in [0.25, 0.3) is 0 Å². The van der Waals surface area contributed by atoms with E-state index in [-0.39, 0.29) is 5.60 Å². The second-order valence-corrected chi connectivity index (χ2v) is 6.94. The molecule has 1 fully saturated rings. The number of ether oxygens (including phenoxy) is 1. The summed E-state index contributed by atoms with van der Waals surface area (Å²) in [6, 6.07) is 0.412. The summed E-state index contributed by atoms with van der Waals surface area (Å²) in [4.78, 5) is 0. The zero-order valence-electron chi connectivity index (χ0n) is 11.5. The minimum absolute atomic E-state index is 0.0346. The summed E-state index contributed by atoms with van der Waals surface area (Å²) >= 11 is 2.09. The van der Waals surface area contributed by atoms with Crippen LogP contribution in [0.1, 0.15) is 52.4 Å². The van der Waals surface area contributed by atoms with Gasteiger partial charge in [0.05, 0.1) is 5.60 Å². The topological polar surface area (TPSA) is 47.3 Å². The molecule has 0 amide bonds. The van der Waals surface area contributed by atoms with E-state index in [1.807, 2.05) is 0 Å². The third-order valence-electron chi connectivity index (χ3n) is 3.72. The quantitative estimate of drug-likeness (QED) is 0.520. The molecule has 1 atom stereocenters. The molecule has 0 aromatic heterocycles. The summed E-state index contributed by atoms with van der Waals surface area (Å²) in [6.45, 7) is 4.26. The Hall–Kier alpha value is 0.230. The van der Waals surface area contributed by atoms with Crippen LogP contribution in [0.2, 0.25) is 0 Å². The normalized spacial score (nSPS) is 19.8. The molecular weight excluding hydrogens is 232 g/mol.